The lowest BCUT2D eigenvalue weighted by molar-refractivity contribution is 0.613. The molecule has 0 amide bonds. The molecule has 0 saturated heterocycles. The van der Waals surface area contributed by atoms with Crippen molar-refractivity contribution in [3.8, 4) is 0 Å². The summed E-state index contributed by atoms with van der Waals surface area (Å²) in [6.07, 6.45) is 0. The van der Waals surface area contributed by atoms with E-state index >= 15 is 0 Å². The number of thiophene rings is 1. The van der Waals surface area contributed by atoms with Crippen molar-refractivity contribution < 1.29 is 4.39 Å². The SMILES string of the molecule is CCNC(c1ccc(F)cc1)c1cc(C)sc1C. The molecule has 0 bridgehead atoms. The number of rotatable bonds is 4. The smallest absolute Gasteiger partial charge is 0.123 e. The van der Waals surface area contributed by atoms with Gasteiger partial charge in [-0.3, -0.25) is 0 Å². The Morgan fingerprint density at radius 1 is 1.22 bits per heavy atom. The lowest BCUT2D eigenvalue weighted by Gasteiger charge is -2.18. The van der Waals surface area contributed by atoms with Crippen LogP contribution in [0.1, 0.15) is 33.8 Å². The molecular weight excluding hydrogens is 245 g/mol. The van der Waals surface area contributed by atoms with Gasteiger partial charge in [-0.05, 0) is 49.7 Å². The van der Waals surface area contributed by atoms with Crippen molar-refractivity contribution in [2.75, 3.05) is 6.54 Å². The number of nitrogens with one attached hydrogen (secondary N) is 1. The molecule has 0 aliphatic heterocycles. The zero-order valence-corrected chi connectivity index (χ0v) is 11.8. The van der Waals surface area contributed by atoms with Gasteiger partial charge in [-0.2, -0.15) is 0 Å². The maximum atomic E-state index is 13.0. The minimum atomic E-state index is -0.188. The molecule has 0 spiro atoms. The fourth-order valence-electron chi connectivity index (χ4n) is 2.20. The summed E-state index contributed by atoms with van der Waals surface area (Å²) in [7, 11) is 0. The Balaban J connectivity index is 2.39. The number of benzene rings is 1. The molecule has 96 valence electrons. The van der Waals surface area contributed by atoms with Crippen molar-refractivity contribution in [1.29, 1.82) is 0 Å². The maximum absolute atomic E-state index is 13.0. The monoisotopic (exact) mass is 263 g/mol. The molecule has 2 aromatic rings. The van der Waals surface area contributed by atoms with E-state index in [0.717, 1.165) is 12.1 Å². The van der Waals surface area contributed by atoms with Crippen LogP contribution in [0.2, 0.25) is 0 Å². The average Bonchev–Trinajstić information content (AvgIpc) is 2.67. The third-order valence-corrected chi connectivity index (χ3v) is 3.98. The van der Waals surface area contributed by atoms with Crippen LogP contribution >= 0.6 is 11.3 Å². The first-order valence-corrected chi connectivity index (χ1v) is 6.99. The van der Waals surface area contributed by atoms with Gasteiger partial charge < -0.3 is 5.32 Å². The standard InChI is InChI=1S/C15H18FNS/c1-4-17-15(12-5-7-13(16)8-6-12)14-9-10(2)18-11(14)3/h5-9,15,17H,4H2,1-3H3. The summed E-state index contributed by atoms with van der Waals surface area (Å²) in [6.45, 7) is 7.23. The number of hydrogen-bond acceptors (Lipinski definition) is 2. The highest BCUT2D eigenvalue weighted by atomic mass is 32.1. The Bertz CT molecular complexity index is 516. The number of halogens is 1. The maximum Gasteiger partial charge on any atom is 0.123 e. The van der Waals surface area contributed by atoms with Crippen LogP contribution in [0.4, 0.5) is 4.39 Å². The second-order valence-electron chi connectivity index (χ2n) is 4.41. The molecule has 1 atom stereocenters. The molecule has 1 heterocycles. The van der Waals surface area contributed by atoms with E-state index in [1.807, 2.05) is 23.5 Å². The van der Waals surface area contributed by atoms with Gasteiger partial charge in [0, 0.05) is 9.75 Å². The zero-order chi connectivity index (χ0) is 13.1. The molecule has 1 aromatic heterocycles. The minimum absolute atomic E-state index is 0.153. The lowest BCUT2D eigenvalue weighted by atomic mass is 9.99. The largest absolute Gasteiger partial charge is 0.306 e. The van der Waals surface area contributed by atoms with E-state index in [9.17, 15) is 4.39 Å². The van der Waals surface area contributed by atoms with E-state index < -0.39 is 0 Å². The third-order valence-electron chi connectivity index (χ3n) is 3.00. The van der Waals surface area contributed by atoms with E-state index in [1.165, 1.54) is 27.5 Å². The molecule has 0 fully saturated rings. The van der Waals surface area contributed by atoms with Crippen LogP contribution < -0.4 is 5.32 Å². The Morgan fingerprint density at radius 3 is 2.39 bits per heavy atom. The average molecular weight is 263 g/mol. The summed E-state index contributed by atoms with van der Waals surface area (Å²) in [5.74, 6) is -0.188. The summed E-state index contributed by atoms with van der Waals surface area (Å²) >= 11 is 1.81. The predicted molar refractivity (Wildman–Crippen MR) is 75.7 cm³/mol. The molecule has 1 unspecified atom stereocenters. The second-order valence-corrected chi connectivity index (χ2v) is 5.87. The lowest BCUT2D eigenvalue weighted by Crippen LogP contribution is -2.22. The molecule has 18 heavy (non-hydrogen) atoms. The van der Waals surface area contributed by atoms with E-state index in [2.05, 4.69) is 32.2 Å². The molecule has 1 nitrogen and oxygen atoms in total. The van der Waals surface area contributed by atoms with E-state index in [4.69, 9.17) is 0 Å². The molecule has 1 N–H and O–H groups in total. The third kappa shape index (κ3) is 2.79. The van der Waals surface area contributed by atoms with Crippen LogP contribution in [0.15, 0.2) is 30.3 Å². The van der Waals surface area contributed by atoms with Crippen molar-refractivity contribution in [1.82, 2.24) is 5.32 Å². The Labute approximate surface area is 112 Å². The molecule has 0 aliphatic carbocycles. The van der Waals surface area contributed by atoms with E-state index in [-0.39, 0.29) is 11.9 Å². The van der Waals surface area contributed by atoms with Crippen molar-refractivity contribution in [2.45, 2.75) is 26.8 Å². The minimum Gasteiger partial charge on any atom is -0.306 e. The van der Waals surface area contributed by atoms with Crippen LogP contribution in [-0.2, 0) is 0 Å². The van der Waals surface area contributed by atoms with E-state index in [1.54, 1.807) is 0 Å². The molecule has 1 aromatic carbocycles. The van der Waals surface area contributed by atoms with E-state index in [0.29, 0.717) is 0 Å². The van der Waals surface area contributed by atoms with Crippen molar-refractivity contribution in [3.63, 3.8) is 0 Å². The Hall–Kier alpha value is -1.19. The normalized spacial score (nSPS) is 12.7. The Morgan fingerprint density at radius 2 is 1.89 bits per heavy atom. The van der Waals surface area contributed by atoms with Crippen molar-refractivity contribution >= 4 is 11.3 Å². The van der Waals surface area contributed by atoms with Crippen LogP contribution in [-0.4, -0.2) is 6.54 Å². The molecule has 3 heteroatoms. The molecule has 2 rings (SSSR count). The van der Waals surface area contributed by atoms with Gasteiger partial charge in [-0.25, -0.2) is 4.39 Å². The van der Waals surface area contributed by atoms with Crippen LogP contribution in [0.5, 0.6) is 0 Å². The van der Waals surface area contributed by atoms with Crippen LogP contribution in [0.3, 0.4) is 0 Å². The quantitative estimate of drug-likeness (QED) is 0.871. The van der Waals surface area contributed by atoms with Gasteiger partial charge in [0.2, 0.25) is 0 Å². The van der Waals surface area contributed by atoms with Gasteiger partial charge in [-0.15, -0.1) is 11.3 Å². The summed E-state index contributed by atoms with van der Waals surface area (Å²) in [5.41, 5.74) is 2.41. The fourth-order valence-corrected chi connectivity index (χ4v) is 3.17. The summed E-state index contributed by atoms with van der Waals surface area (Å²) in [6, 6.07) is 9.13. The van der Waals surface area contributed by atoms with Crippen molar-refractivity contribution in [3.05, 3.63) is 57.0 Å². The highest BCUT2D eigenvalue weighted by molar-refractivity contribution is 7.12. The van der Waals surface area contributed by atoms with Gasteiger partial charge in [0.05, 0.1) is 6.04 Å². The van der Waals surface area contributed by atoms with Gasteiger partial charge in [0.25, 0.3) is 0 Å². The highest BCUT2D eigenvalue weighted by Crippen LogP contribution is 2.30. The number of hydrogen-bond donors (Lipinski definition) is 1. The zero-order valence-electron chi connectivity index (χ0n) is 11.0. The first-order valence-electron chi connectivity index (χ1n) is 6.17. The molecule has 0 saturated carbocycles. The fraction of sp³-hybridized carbons (Fsp3) is 0.333. The predicted octanol–water partition coefficient (Wildman–Crippen LogP) is 4.20. The summed E-state index contributed by atoms with van der Waals surface area (Å²) < 4.78 is 13.0. The Kier molecular flexibility index (Phi) is 4.15. The first kappa shape index (κ1) is 13.2. The first-order chi connectivity index (χ1) is 8.61. The van der Waals surface area contributed by atoms with Gasteiger partial charge in [0.1, 0.15) is 5.82 Å². The summed E-state index contributed by atoms with van der Waals surface area (Å²) in [5, 5.41) is 3.47. The highest BCUT2D eigenvalue weighted by Gasteiger charge is 2.16. The van der Waals surface area contributed by atoms with Gasteiger partial charge in [0.15, 0.2) is 0 Å². The van der Waals surface area contributed by atoms with Gasteiger partial charge >= 0.3 is 0 Å². The number of aryl methyl sites for hydroxylation is 2. The van der Waals surface area contributed by atoms with Crippen LogP contribution in [0.25, 0.3) is 0 Å². The van der Waals surface area contributed by atoms with Gasteiger partial charge in [-0.1, -0.05) is 19.1 Å². The topological polar surface area (TPSA) is 12.0 Å². The second kappa shape index (κ2) is 5.63. The summed E-state index contributed by atoms with van der Waals surface area (Å²) in [4.78, 5) is 2.63. The molecule has 0 aliphatic rings. The van der Waals surface area contributed by atoms with Crippen molar-refractivity contribution in [2.24, 2.45) is 0 Å². The molecular formula is C15H18FNS. The molecule has 0 radical (unpaired) electrons. The van der Waals surface area contributed by atoms with Crippen LogP contribution in [0, 0.1) is 19.7 Å².